The summed E-state index contributed by atoms with van der Waals surface area (Å²) in [5, 5.41) is 2.65. The standard InChI is InChI=1S/C34H39N3O2/c1-23-19-36-22-26(21-35-16-7-4-8-17-35)27-12-9-13-29(32(27)36)33-31(24-10-5-3-6-11-24)28-15-14-25(34(38)39-2)18-30(28)37(33)20-23/h9,12-15,18,22,24H,1,3-8,10-11,16-17,19-21H2,2H3. The molecule has 4 heterocycles. The van der Waals surface area contributed by atoms with Crippen molar-refractivity contribution in [2.45, 2.75) is 76.9 Å². The molecule has 1 aliphatic carbocycles. The quantitative estimate of drug-likeness (QED) is 0.204. The number of likely N-dealkylation sites (tertiary alicyclic amines) is 1. The second-order valence-electron chi connectivity index (χ2n) is 12.0. The number of para-hydroxylation sites is 1. The molecule has 39 heavy (non-hydrogen) atoms. The molecule has 0 radical (unpaired) electrons. The Labute approximate surface area is 231 Å². The van der Waals surface area contributed by atoms with Crippen LogP contribution in [0.3, 0.4) is 0 Å². The zero-order valence-electron chi connectivity index (χ0n) is 23.2. The first-order chi connectivity index (χ1) is 19.1. The molecule has 3 aliphatic rings. The molecule has 0 N–H and O–H groups in total. The van der Waals surface area contributed by atoms with Gasteiger partial charge in [0, 0.05) is 47.7 Å². The van der Waals surface area contributed by atoms with Crippen LogP contribution in [-0.4, -0.2) is 40.2 Å². The highest BCUT2D eigenvalue weighted by Crippen LogP contribution is 2.47. The van der Waals surface area contributed by atoms with E-state index in [-0.39, 0.29) is 5.97 Å². The Hall–Kier alpha value is -3.31. The molecular formula is C34H39N3O2. The van der Waals surface area contributed by atoms with Gasteiger partial charge in [0.1, 0.15) is 0 Å². The van der Waals surface area contributed by atoms with E-state index in [1.165, 1.54) is 116 Å². The van der Waals surface area contributed by atoms with Gasteiger partial charge in [0.2, 0.25) is 0 Å². The maximum absolute atomic E-state index is 12.5. The van der Waals surface area contributed by atoms with E-state index in [4.69, 9.17) is 4.74 Å². The van der Waals surface area contributed by atoms with E-state index in [1.54, 1.807) is 0 Å². The van der Waals surface area contributed by atoms with Crippen LogP contribution in [0.1, 0.15) is 78.8 Å². The summed E-state index contributed by atoms with van der Waals surface area (Å²) in [6.45, 7) is 9.52. The van der Waals surface area contributed by atoms with Gasteiger partial charge in [0.15, 0.2) is 0 Å². The van der Waals surface area contributed by atoms with Gasteiger partial charge in [-0.25, -0.2) is 4.79 Å². The Morgan fingerprint density at radius 2 is 1.77 bits per heavy atom. The number of nitrogens with zero attached hydrogens (tertiary/aromatic N) is 3. The number of hydrogen-bond donors (Lipinski definition) is 0. The highest BCUT2D eigenvalue weighted by molar-refractivity contribution is 6.03. The van der Waals surface area contributed by atoms with Crippen molar-refractivity contribution in [2.24, 2.45) is 0 Å². The topological polar surface area (TPSA) is 39.4 Å². The molecule has 7 rings (SSSR count). The Kier molecular flexibility index (Phi) is 6.35. The molecule has 5 heteroatoms. The molecule has 1 saturated carbocycles. The molecule has 2 fully saturated rings. The van der Waals surface area contributed by atoms with Crippen molar-refractivity contribution in [1.82, 2.24) is 14.0 Å². The number of hydrogen-bond acceptors (Lipinski definition) is 3. The number of rotatable bonds is 4. The van der Waals surface area contributed by atoms with Crippen LogP contribution >= 0.6 is 0 Å². The van der Waals surface area contributed by atoms with Crippen LogP contribution in [-0.2, 0) is 24.4 Å². The first-order valence-electron chi connectivity index (χ1n) is 14.9. The van der Waals surface area contributed by atoms with Crippen molar-refractivity contribution in [1.29, 1.82) is 0 Å². The molecule has 4 aromatic rings. The first-order valence-corrected chi connectivity index (χ1v) is 14.9. The highest BCUT2D eigenvalue weighted by atomic mass is 16.5. The van der Waals surface area contributed by atoms with Gasteiger partial charge in [0.25, 0.3) is 0 Å². The van der Waals surface area contributed by atoms with Crippen molar-refractivity contribution in [3.63, 3.8) is 0 Å². The van der Waals surface area contributed by atoms with Crippen LogP contribution in [0.25, 0.3) is 33.1 Å². The minimum Gasteiger partial charge on any atom is -0.465 e. The van der Waals surface area contributed by atoms with E-state index in [2.05, 4.69) is 51.1 Å². The van der Waals surface area contributed by atoms with Gasteiger partial charge in [-0.05, 0) is 73.5 Å². The second kappa shape index (κ2) is 10.0. The third-order valence-electron chi connectivity index (χ3n) is 9.39. The van der Waals surface area contributed by atoms with Crippen LogP contribution < -0.4 is 0 Å². The van der Waals surface area contributed by atoms with Crippen LogP contribution in [0.15, 0.2) is 54.7 Å². The number of methoxy groups -OCH3 is 1. The lowest BCUT2D eigenvalue weighted by atomic mass is 9.81. The van der Waals surface area contributed by atoms with Gasteiger partial charge in [-0.3, -0.25) is 4.90 Å². The third kappa shape index (κ3) is 4.22. The van der Waals surface area contributed by atoms with Crippen molar-refractivity contribution in [3.05, 3.63) is 71.4 Å². The fourth-order valence-corrected chi connectivity index (χ4v) is 7.63. The van der Waals surface area contributed by atoms with Gasteiger partial charge in [-0.2, -0.15) is 0 Å². The fourth-order valence-electron chi connectivity index (χ4n) is 7.63. The van der Waals surface area contributed by atoms with Crippen molar-refractivity contribution in [3.8, 4) is 11.3 Å². The minimum atomic E-state index is -0.283. The number of carbonyl (C=O) groups excluding carboxylic acids is 1. The highest BCUT2D eigenvalue weighted by Gasteiger charge is 2.30. The Bertz CT molecular complexity index is 1580. The predicted octanol–water partition coefficient (Wildman–Crippen LogP) is 7.65. The summed E-state index contributed by atoms with van der Waals surface area (Å²) in [6, 6.07) is 13.1. The summed E-state index contributed by atoms with van der Waals surface area (Å²) in [6.07, 6.45) is 12.7. The van der Waals surface area contributed by atoms with E-state index < -0.39 is 0 Å². The molecule has 2 aromatic carbocycles. The van der Waals surface area contributed by atoms with Gasteiger partial charge in [0.05, 0.1) is 23.9 Å². The van der Waals surface area contributed by atoms with E-state index in [0.717, 1.165) is 25.2 Å². The Morgan fingerprint density at radius 1 is 0.974 bits per heavy atom. The summed E-state index contributed by atoms with van der Waals surface area (Å²) in [5.74, 6) is 0.246. The van der Waals surface area contributed by atoms with Gasteiger partial charge >= 0.3 is 5.97 Å². The summed E-state index contributed by atoms with van der Waals surface area (Å²) in [7, 11) is 1.46. The number of carbonyl (C=O) groups is 1. The molecule has 5 nitrogen and oxygen atoms in total. The van der Waals surface area contributed by atoms with Crippen molar-refractivity contribution < 1.29 is 9.53 Å². The lowest BCUT2D eigenvalue weighted by Crippen LogP contribution is -2.28. The van der Waals surface area contributed by atoms with E-state index in [1.807, 2.05) is 12.1 Å². The molecule has 2 aliphatic heterocycles. The maximum atomic E-state index is 12.5. The van der Waals surface area contributed by atoms with Gasteiger partial charge < -0.3 is 13.9 Å². The largest absolute Gasteiger partial charge is 0.465 e. The smallest absolute Gasteiger partial charge is 0.337 e. The second-order valence-corrected chi connectivity index (χ2v) is 12.0. The van der Waals surface area contributed by atoms with E-state index in [9.17, 15) is 4.79 Å². The SMILES string of the molecule is C=C1Cn2cc(CN3CCCCC3)c3cccc(c32)-c2c(C3CCCCC3)c3ccc(C(=O)OC)cc3n2C1. The molecule has 0 atom stereocenters. The first kappa shape index (κ1) is 24.7. The molecule has 1 saturated heterocycles. The van der Waals surface area contributed by atoms with Crippen molar-refractivity contribution in [2.75, 3.05) is 20.2 Å². The number of ether oxygens (including phenoxy) is 1. The van der Waals surface area contributed by atoms with E-state index in [0.29, 0.717) is 11.5 Å². The number of allylic oxidation sites excluding steroid dienone is 1. The molecule has 0 bridgehead atoms. The van der Waals surface area contributed by atoms with Gasteiger partial charge in [-0.15, -0.1) is 0 Å². The summed E-state index contributed by atoms with van der Waals surface area (Å²) < 4.78 is 10.0. The lowest BCUT2D eigenvalue weighted by Gasteiger charge is -2.26. The van der Waals surface area contributed by atoms with Crippen LogP contribution in [0.5, 0.6) is 0 Å². The molecule has 202 valence electrons. The van der Waals surface area contributed by atoms with Crippen LogP contribution in [0.2, 0.25) is 0 Å². The molecule has 0 unspecified atom stereocenters. The number of piperidine rings is 1. The minimum absolute atomic E-state index is 0.283. The third-order valence-corrected chi connectivity index (χ3v) is 9.39. The zero-order valence-corrected chi connectivity index (χ0v) is 23.2. The Balaban J connectivity index is 1.49. The molecular weight excluding hydrogens is 482 g/mol. The maximum Gasteiger partial charge on any atom is 0.337 e. The predicted molar refractivity (Wildman–Crippen MR) is 158 cm³/mol. The summed E-state index contributed by atoms with van der Waals surface area (Å²) >= 11 is 0. The fraction of sp³-hybridized carbons (Fsp3) is 0.441. The van der Waals surface area contributed by atoms with Crippen LogP contribution in [0.4, 0.5) is 0 Å². The lowest BCUT2D eigenvalue weighted by molar-refractivity contribution is 0.0601. The number of fused-ring (bicyclic) bond motifs is 4. The monoisotopic (exact) mass is 521 g/mol. The number of esters is 1. The number of aromatic nitrogens is 2. The van der Waals surface area contributed by atoms with Crippen molar-refractivity contribution >= 4 is 27.8 Å². The molecule has 0 spiro atoms. The summed E-state index contributed by atoms with van der Waals surface area (Å²) in [4.78, 5) is 15.2. The summed E-state index contributed by atoms with van der Waals surface area (Å²) in [5.41, 5.74) is 9.80. The average Bonchev–Trinajstić information content (AvgIpc) is 3.47. The van der Waals surface area contributed by atoms with Gasteiger partial charge in [-0.1, -0.05) is 56.5 Å². The normalized spacial score (nSPS) is 18.7. The molecule has 0 amide bonds. The number of benzene rings is 2. The molecule has 2 aromatic heterocycles. The Morgan fingerprint density at radius 3 is 2.56 bits per heavy atom. The van der Waals surface area contributed by atoms with Crippen LogP contribution in [0, 0.1) is 0 Å². The zero-order chi connectivity index (χ0) is 26.5. The van der Waals surface area contributed by atoms with E-state index >= 15 is 0 Å². The average molecular weight is 522 g/mol.